The van der Waals surface area contributed by atoms with Crippen LogP contribution in [0.25, 0.3) is 0 Å². The Bertz CT molecular complexity index is 402. The molecule has 4 nitrogen and oxygen atoms in total. The number of carbonyl (C=O) groups excluding carboxylic acids is 1. The quantitative estimate of drug-likeness (QED) is 0.808. The highest BCUT2D eigenvalue weighted by molar-refractivity contribution is 9.10. The summed E-state index contributed by atoms with van der Waals surface area (Å²) < 4.78 is 6.30. The van der Waals surface area contributed by atoms with Crippen molar-refractivity contribution in [3.8, 4) is 5.75 Å². The highest BCUT2D eigenvalue weighted by atomic mass is 79.9. The molecule has 0 aromatic heterocycles. The van der Waals surface area contributed by atoms with Gasteiger partial charge in [-0.1, -0.05) is 29.8 Å². The minimum atomic E-state index is -0.826. The van der Waals surface area contributed by atoms with E-state index in [9.17, 15) is 9.90 Å². The van der Waals surface area contributed by atoms with Crippen molar-refractivity contribution in [2.75, 3.05) is 13.2 Å². The van der Waals surface area contributed by atoms with Crippen LogP contribution in [0.15, 0.2) is 28.7 Å². The molecular formula is C14H20BrNO3. The molecule has 0 spiro atoms. The summed E-state index contributed by atoms with van der Waals surface area (Å²) in [5, 5.41) is 12.7. The minimum absolute atomic E-state index is 0.0505. The fourth-order valence-electron chi connectivity index (χ4n) is 1.49. The van der Waals surface area contributed by atoms with Gasteiger partial charge in [-0.25, -0.2) is 0 Å². The van der Waals surface area contributed by atoms with Crippen molar-refractivity contribution in [1.82, 2.24) is 5.32 Å². The van der Waals surface area contributed by atoms with Crippen LogP contribution in [0.3, 0.4) is 0 Å². The number of amides is 1. The molecule has 1 rings (SSSR count). The summed E-state index contributed by atoms with van der Waals surface area (Å²) in [6, 6.07) is 7.26. The zero-order valence-corrected chi connectivity index (χ0v) is 12.9. The highest BCUT2D eigenvalue weighted by Gasteiger charge is 2.22. The summed E-state index contributed by atoms with van der Waals surface area (Å²) in [4.78, 5) is 11.6. The van der Waals surface area contributed by atoms with Gasteiger partial charge in [-0.15, -0.1) is 0 Å². The fraction of sp³-hybridized carbons (Fsp3) is 0.500. The lowest BCUT2D eigenvalue weighted by Crippen LogP contribution is -2.43. The second kappa shape index (κ2) is 7.50. The Morgan fingerprint density at radius 2 is 1.89 bits per heavy atom. The van der Waals surface area contributed by atoms with Gasteiger partial charge in [-0.3, -0.25) is 4.79 Å². The number of hydrogen-bond acceptors (Lipinski definition) is 3. The standard InChI is InChI=1S/C14H20BrNO3/c1-3-14(18,4-2)10-16-13(17)9-19-12-7-5-11(15)6-8-12/h5-8,18H,3-4,9-10H2,1-2H3,(H,16,17). The van der Waals surface area contributed by atoms with Crippen LogP contribution in [-0.4, -0.2) is 29.8 Å². The van der Waals surface area contributed by atoms with Gasteiger partial charge >= 0.3 is 0 Å². The molecule has 19 heavy (non-hydrogen) atoms. The van der Waals surface area contributed by atoms with Crippen molar-refractivity contribution in [1.29, 1.82) is 0 Å². The zero-order valence-electron chi connectivity index (χ0n) is 11.3. The van der Waals surface area contributed by atoms with Crippen LogP contribution >= 0.6 is 15.9 Å². The molecule has 1 aromatic rings. The van der Waals surface area contributed by atoms with E-state index in [2.05, 4.69) is 21.2 Å². The second-order valence-electron chi connectivity index (χ2n) is 4.45. The second-order valence-corrected chi connectivity index (χ2v) is 5.37. The van der Waals surface area contributed by atoms with Gasteiger partial charge in [0.05, 0.1) is 5.60 Å². The maximum absolute atomic E-state index is 11.6. The minimum Gasteiger partial charge on any atom is -0.484 e. The number of benzene rings is 1. The molecule has 0 aliphatic heterocycles. The molecule has 0 aliphatic carbocycles. The molecule has 0 heterocycles. The third kappa shape index (κ3) is 5.61. The van der Waals surface area contributed by atoms with Crippen LogP contribution < -0.4 is 10.1 Å². The van der Waals surface area contributed by atoms with E-state index < -0.39 is 5.60 Å². The van der Waals surface area contributed by atoms with Crippen LogP contribution in [-0.2, 0) is 4.79 Å². The summed E-state index contributed by atoms with van der Waals surface area (Å²) in [6.07, 6.45) is 1.22. The van der Waals surface area contributed by atoms with Crippen molar-refractivity contribution >= 4 is 21.8 Å². The summed E-state index contributed by atoms with van der Waals surface area (Å²) >= 11 is 3.33. The summed E-state index contributed by atoms with van der Waals surface area (Å²) in [6.45, 7) is 4.00. The molecule has 1 aromatic carbocycles. The Morgan fingerprint density at radius 1 is 1.32 bits per heavy atom. The van der Waals surface area contributed by atoms with E-state index in [4.69, 9.17) is 4.74 Å². The number of aliphatic hydroxyl groups is 1. The Balaban J connectivity index is 2.34. The van der Waals surface area contributed by atoms with Crippen LogP contribution in [0.4, 0.5) is 0 Å². The Hall–Kier alpha value is -1.07. The first-order valence-corrected chi connectivity index (χ1v) is 7.16. The number of halogens is 1. The normalized spacial score (nSPS) is 11.2. The number of hydrogen-bond donors (Lipinski definition) is 2. The Labute approximate surface area is 122 Å². The number of rotatable bonds is 7. The van der Waals surface area contributed by atoms with Gasteiger partial charge < -0.3 is 15.2 Å². The lowest BCUT2D eigenvalue weighted by atomic mass is 9.98. The molecule has 5 heteroatoms. The van der Waals surface area contributed by atoms with Crippen LogP contribution in [0.1, 0.15) is 26.7 Å². The van der Waals surface area contributed by atoms with Crippen molar-refractivity contribution in [2.45, 2.75) is 32.3 Å². The highest BCUT2D eigenvalue weighted by Crippen LogP contribution is 2.16. The van der Waals surface area contributed by atoms with Crippen molar-refractivity contribution in [3.63, 3.8) is 0 Å². The molecule has 0 bridgehead atoms. The Morgan fingerprint density at radius 3 is 2.42 bits per heavy atom. The maximum atomic E-state index is 11.6. The molecule has 0 saturated carbocycles. The molecule has 0 unspecified atom stereocenters. The smallest absolute Gasteiger partial charge is 0.258 e. The summed E-state index contributed by atoms with van der Waals surface area (Å²) in [7, 11) is 0. The van der Waals surface area contributed by atoms with Gasteiger partial charge in [0.1, 0.15) is 5.75 Å². The van der Waals surface area contributed by atoms with Crippen LogP contribution in [0.5, 0.6) is 5.75 Å². The molecule has 0 radical (unpaired) electrons. The predicted octanol–water partition coefficient (Wildman–Crippen LogP) is 2.50. The van der Waals surface area contributed by atoms with E-state index in [0.29, 0.717) is 18.6 Å². The van der Waals surface area contributed by atoms with Crippen molar-refractivity contribution < 1.29 is 14.6 Å². The van der Waals surface area contributed by atoms with Gasteiger partial charge in [0.15, 0.2) is 6.61 Å². The summed E-state index contributed by atoms with van der Waals surface area (Å²) in [5.74, 6) is 0.405. The molecule has 0 saturated heterocycles. The van der Waals surface area contributed by atoms with E-state index >= 15 is 0 Å². The zero-order chi connectivity index (χ0) is 14.3. The first-order chi connectivity index (χ1) is 8.99. The third-order valence-corrected chi connectivity index (χ3v) is 3.64. The Kier molecular flexibility index (Phi) is 6.31. The van der Waals surface area contributed by atoms with Gasteiger partial charge in [0.25, 0.3) is 5.91 Å². The number of ether oxygens (including phenoxy) is 1. The van der Waals surface area contributed by atoms with Crippen molar-refractivity contribution in [3.05, 3.63) is 28.7 Å². The fourth-order valence-corrected chi connectivity index (χ4v) is 1.76. The van der Waals surface area contributed by atoms with Crippen LogP contribution in [0.2, 0.25) is 0 Å². The molecule has 0 fully saturated rings. The van der Waals surface area contributed by atoms with Gasteiger partial charge in [0, 0.05) is 11.0 Å². The van der Waals surface area contributed by atoms with E-state index in [1.54, 1.807) is 12.1 Å². The SMILES string of the molecule is CCC(O)(CC)CNC(=O)COc1ccc(Br)cc1. The third-order valence-electron chi connectivity index (χ3n) is 3.11. The molecule has 106 valence electrons. The van der Waals surface area contributed by atoms with E-state index in [0.717, 1.165) is 4.47 Å². The molecule has 2 N–H and O–H groups in total. The first kappa shape index (κ1) is 16.0. The molecule has 1 amide bonds. The average Bonchev–Trinajstić information content (AvgIpc) is 2.44. The van der Waals surface area contributed by atoms with Crippen molar-refractivity contribution in [2.24, 2.45) is 0 Å². The van der Waals surface area contributed by atoms with E-state index in [1.807, 2.05) is 26.0 Å². The van der Waals surface area contributed by atoms with E-state index in [-0.39, 0.29) is 19.1 Å². The maximum Gasteiger partial charge on any atom is 0.258 e. The monoisotopic (exact) mass is 329 g/mol. The number of carbonyl (C=O) groups is 1. The molecular weight excluding hydrogens is 310 g/mol. The summed E-state index contributed by atoms with van der Waals surface area (Å²) in [5.41, 5.74) is -0.826. The van der Waals surface area contributed by atoms with E-state index in [1.165, 1.54) is 0 Å². The van der Waals surface area contributed by atoms with Gasteiger partial charge in [-0.2, -0.15) is 0 Å². The predicted molar refractivity (Wildman–Crippen MR) is 78.2 cm³/mol. The largest absolute Gasteiger partial charge is 0.484 e. The lowest BCUT2D eigenvalue weighted by Gasteiger charge is -2.25. The molecule has 0 atom stereocenters. The average molecular weight is 330 g/mol. The van der Waals surface area contributed by atoms with Gasteiger partial charge in [-0.05, 0) is 37.1 Å². The molecule has 0 aliphatic rings. The first-order valence-electron chi connectivity index (χ1n) is 6.36. The topological polar surface area (TPSA) is 58.6 Å². The number of nitrogens with one attached hydrogen (secondary N) is 1. The van der Waals surface area contributed by atoms with Crippen LogP contribution in [0, 0.1) is 0 Å². The lowest BCUT2D eigenvalue weighted by molar-refractivity contribution is -0.124. The van der Waals surface area contributed by atoms with Gasteiger partial charge in [0.2, 0.25) is 0 Å².